The van der Waals surface area contributed by atoms with Gasteiger partial charge in [-0.25, -0.2) is 4.57 Å². The Morgan fingerprint density at radius 3 is 1.67 bits per heavy atom. The molecule has 140 valence electrons. The molecule has 0 spiro atoms. The molecule has 0 radical (unpaired) electrons. The Balaban J connectivity index is -0.0000000490. The number of rotatable bonds is 14. The number of hydrogen-bond acceptors (Lipinski definition) is 3. The van der Waals surface area contributed by atoms with Gasteiger partial charge in [-0.2, -0.15) is 0 Å². The molecule has 0 aliphatic carbocycles. The van der Waals surface area contributed by atoms with Gasteiger partial charge in [0, 0.05) is 6.42 Å². The molecule has 0 atom stereocenters. The SMILES string of the molecule is CCCCCC/C=C\CCCCCCCC(=O)OP(=O)(O)O.[H-].[H-].[H-].[H-].[H-].[Na+].[Na+].[Na+].[Na+].[Na+]. The zero-order chi connectivity index (χ0) is 16.7. The number of phosphoric acid groups is 1. The van der Waals surface area contributed by atoms with Crippen LogP contribution in [0.15, 0.2) is 12.2 Å². The van der Waals surface area contributed by atoms with E-state index in [-0.39, 0.29) is 161 Å². The van der Waals surface area contributed by atoms with E-state index in [1.165, 1.54) is 32.1 Å². The molecule has 0 aromatic rings. The summed E-state index contributed by atoms with van der Waals surface area (Å²) in [7, 11) is -4.67. The van der Waals surface area contributed by atoms with Crippen molar-refractivity contribution >= 4 is 13.8 Å². The summed E-state index contributed by atoms with van der Waals surface area (Å²) >= 11 is 0. The fraction of sp³-hybridized carbons (Fsp3) is 0.812. The Morgan fingerprint density at radius 1 is 0.815 bits per heavy atom. The number of allylic oxidation sites excluding steroid dienone is 2. The molecule has 5 nitrogen and oxygen atoms in total. The number of phosphoric ester groups is 1. The zero-order valence-electron chi connectivity index (χ0n) is 23.7. The molecule has 11 heteroatoms. The van der Waals surface area contributed by atoms with E-state index >= 15 is 0 Å². The van der Waals surface area contributed by atoms with Crippen molar-refractivity contribution in [3.63, 3.8) is 0 Å². The maximum absolute atomic E-state index is 11.0. The molecule has 27 heavy (non-hydrogen) atoms. The van der Waals surface area contributed by atoms with E-state index in [4.69, 9.17) is 9.79 Å². The summed E-state index contributed by atoms with van der Waals surface area (Å²) in [5, 5.41) is 0. The van der Waals surface area contributed by atoms with Crippen molar-refractivity contribution in [1.29, 1.82) is 0 Å². The third-order valence-corrected chi connectivity index (χ3v) is 3.80. The average molecular weight is 454 g/mol. The van der Waals surface area contributed by atoms with E-state index in [0.717, 1.165) is 32.1 Å². The van der Waals surface area contributed by atoms with Gasteiger partial charge in [-0.05, 0) is 32.1 Å². The van der Waals surface area contributed by atoms with E-state index in [1.807, 2.05) is 0 Å². The Bertz CT molecular complexity index is 387. The van der Waals surface area contributed by atoms with Gasteiger partial charge in [-0.3, -0.25) is 14.6 Å². The molecule has 0 saturated heterocycles. The summed E-state index contributed by atoms with van der Waals surface area (Å²) in [6, 6.07) is 0. The summed E-state index contributed by atoms with van der Waals surface area (Å²) in [6.07, 6.45) is 16.9. The Morgan fingerprint density at radius 2 is 1.22 bits per heavy atom. The van der Waals surface area contributed by atoms with Crippen LogP contribution in [0.2, 0.25) is 0 Å². The molecule has 0 amide bonds. The Kier molecular flexibility index (Phi) is 54.2. The van der Waals surface area contributed by atoms with Crippen molar-refractivity contribution in [3.8, 4) is 0 Å². The van der Waals surface area contributed by atoms with Crippen LogP contribution < -0.4 is 148 Å². The third-order valence-electron chi connectivity index (χ3n) is 3.36. The monoisotopic (exact) mass is 454 g/mol. The van der Waals surface area contributed by atoms with Gasteiger partial charge in [-0.1, -0.05) is 57.6 Å². The summed E-state index contributed by atoms with van der Waals surface area (Å²) in [6.45, 7) is 2.22. The van der Waals surface area contributed by atoms with E-state index in [9.17, 15) is 9.36 Å². The molecular weight excluding hydrogens is 418 g/mol. The van der Waals surface area contributed by atoms with Gasteiger partial charge in [-0.15, -0.1) is 0 Å². The van der Waals surface area contributed by atoms with Gasteiger partial charge in [0.25, 0.3) is 0 Å². The molecule has 0 bridgehead atoms. The van der Waals surface area contributed by atoms with E-state index in [2.05, 4.69) is 23.6 Å². The Labute approximate surface area is 283 Å². The molecule has 0 rings (SSSR count). The van der Waals surface area contributed by atoms with Crippen molar-refractivity contribution < 1.29 is 179 Å². The van der Waals surface area contributed by atoms with E-state index < -0.39 is 13.8 Å². The molecule has 0 aliphatic heterocycles. The molecule has 0 heterocycles. The fourth-order valence-electron chi connectivity index (χ4n) is 2.16. The van der Waals surface area contributed by atoms with Crippen LogP contribution in [0.4, 0.5) is 0 Å². The first-order valence-electron chi connectivity index (χ1n) is 8.38. The van der Waals surface area contributed by atoms with Gasteiger partial charge in [0.05, 0.1) is 0 Å². The maximum Gasteiger partial charge on any atom is 1.00 e. The molecule has 0 saturated carbocycles. The van der Waals surface area contributed by atoms with Crippen molar-refractivity contribution in [2.24, 2.45) is 0 Å². The van der Waals surface area contributed by atoms with E-state index in [1.54, 1.807) is 0 Å². The van der Waals surface area contributed by atoms with Crippen molar-refractivity contribution in [3.05, 3.63) is 12.2 Å². The summed E-state index contributed by atoms with van der Waals surface area (Å²) in [5.41, 5.74) is 0. The normalized spacial score (nSPS) is 9.74. The van der Waals surface area contributed by atoms with Gasteiger partial charge >= 0.3 is 162 Å². The topological polar surface area (TPSA) is 83.8 Å². The number of carbonyl (C=O) groups is 1. The minimum Gasteiger partial charge on any atom is -1.00 e. The maximum atomic E-state index is 11.0. The second-order valence-corrected chi connectivity index (χ2v) is 6.74. The number of hydrogen-bond donors (Lipinski definition) is 2. The fourth-order valence-corrected chi connectivity index (χ4v) is 2.52. The van der Waals surface area contributed by atoms with Crippen molar-refractivity contribution in [1.82, 2.24) is 0 Å². The molecule has 2 N–H and O–H groups in total. The summed E-state index contributed by atoms with van der Waals surface area (Å²) < 4.78 is 14.4. The van der Waals surface area contributed by atoms with Gasteiger partial charge in [0.1, 0.15) is 0 Å². The van der Waals surface area contributed by atoms with Gasteiger partial charge < -0.3 is 11.7 Å². The predicted molar refractivity (Wildman–Crippen MR) is 93.9 cm³/mol. The standard InChI is InChI=1S/C16H31O5P.5Na.5H/c1-2-3-4-5-6-7-8-9-10-11-12-13-14-15-16(17)21-22(18,19)20;;;;;;;;;;/h7-8H,2-6,9-15H2,1H3,(H2,18,19,20);;;;;;;;;;/q;5*+1;5*-1/b8-7-;;;;;;;;;;. The van der Waals surface area contributed by atoms with E-state index in [0.29, 0.717) is 6.42 Å². The molecule has 0 unspecified atom stereocenters. The van der Waals surface area contributed by atoms with Crippen molar-refractivity contribution in [2.45, 2.75) is 84.0 Å². The smallest absolute Gasteiger partial charge is 1.00 e. The predicted octanol–water partition coefficient (Wildman–Crippen LogP) is -9.54. The first kappa shape index (κ1) is 44.9. The van der Waals surface area contributed by atoms with Crippen LogP contribution in [0.3, 0.4) is 0 Å². The first-order valence-corrected chi connectivity index (χ1v) is 9.91. The largest absolute Gasteiger partial charge is 1.00 e. The molecular formula is C16H36Na5O5P. The van der Waals surface area contributed by atoms with Crippen LogP contribution in [0.1, 0.15) is 91.1 Å². The van der Waals surface area contributed by atoms with Crippen LogP contribution in [0.25, 0.3) is 0 Å². The number of unbranched alkanes of at least 4 members (excludes halogenated alkanes) is 9. The van der Waals surface area contributed by atoms with Gasteiger partial charge in [0.15, 0.2) is 0 Å². The average Bonchev–Trinajstić information content (AvgIpc) is 2.42. The van der Waals surface area contributed by atoms with Crippen molar-refractivity contribution in [2.75, 3.05) is 0 Å². The minimum atomic E-state index is -4.67. The quantitative estimate of drug-likeness (QED) is 0.118. The number of carbonyl (C=O) groups excluding carboxylic acids is 1. The summed E-state index contributed by atoms with van der Waals surface area (Å²) in [4.78, 5) is 27.9. The van der Waals surface area contributed by atoms with Crippen LogP contribution in [0, 0.1) is 0 Å². The molecule has 0 aromatic carbocycles. The van der Waals surface area contributed by atoms with Crippen LogP contribution in [-0.2, 0) is 13.9 Å². The van der Waals surface area contributed by atoms with Crippen LogP contribution in [-0.4, -0.2) is 15.8 Å². The third kappa shape index (κ3) is 41.1. The second-order valence-electron chi connectivity index (χ2n) is 5.58. The molecule has 0 aliphatic rings. The van der Waals surface area contributed by atoms with Crippen LogP contribution in [0.5, 0.6) is 0 Å². The minimum absolute atomic E-state index is 0. The molecule has 0 aromatic heterocycles. The molecule has 0 fully saturated rings. The zero-order valence-corrected chi connectivity index (χ0v) is 29.6. The first-order chi connectivity index (χ1) is 10.5. The summed E-state index contributed by atoms with van der Waals surface area (Å²) in [5.74, 6) is -0.820. The Hall–Kier alpha value is 4.36. The second kappa shape index (κ2) is 32.5. The van der Waals surface area contributed by atoms with Crippen LogP contribution >= 0.6 is 7.82 Å². The van der Waals surface area contributed by atoms with Gasteiger partial charge in [0.2, 0.25) is 0 Å².